The average Bonchev–Trinajstić information content (AvgIpc) is 2.61. The normalized spacial score (nSPS) is 10.6. The highest BCUT2D eigenvalue weighted by atomic mass is 35.5. The van der Waals surface area contributed by atoms with Crippen molar-refractivity contribution in [1.29, 1.82) is 0 Å². The summed E-state index contributed by atoms with van der Waals surface area (Å²) >= 11 is 5.87. The van der Waals surface area contributed by atoms with Crippen LogP contribution in [-0.2, 0) is 12.9 Å². The summed E-state index contributed by atoms with van der Waals surface area (Å²) in [6.45, 7) is 2.07. The van der Waals surface area contributed by atoms with Gasteiger partial charge in [0.2, 0.25) is 0 Å². The van der Waals surface area contributed by atoms with E-state index in [2.05, 4.69) is 36.3 Å². The molecule has 1 heterocycles. The first-order valence-electron chi connectivity index (χ1n) is 4.86. The lowest BCUT2D eigenvalue weighted by Gasteiger charge is -1.99. The van der Waals surface area contributed by atoms with Crippen LogP contribution < -0.4 is 0 Å². The summed E-state index contributed by atoms with van der Waals surface area (Å²) in [6.07, 6.45) is 1.96. The maximum absolute atomic E-state index is 5.87. The number of rotatable bonds is 2. The quantitative estimate of drug-likeness (QED) is 0.711. The Morgan fingerprint density at radius 2 is 1.93 bits per heavy atom. The highest BCUT2D eigenvalue weighted by Crippen LogP contribution is 2.23. The molecule has 0 atom stereocenters. The smallest absolute Gasteiger partial charge is 0.0967 e. The molecule has 0 aliphatic heterocycles. The molecule has 0 saturated heterocycles. The minimum absolute atomic E-state index is 0.497. The number of aromatic nitrogens is 2. The Kier molecular flexibility index (Phi) is 2.78. The summed E-state index contributed by atoms with van der Waals surface area (Å²) in [5.74, 6) is 0.497. The molecule has 2 aromatic rings. The second-order valence-electron chi connectivity index (χ2n) is 3.68. The maximum atomic E-state index is 5.87. The minimum atomic E-state index is 0.497. The molecule has 0 aliphatic carbocycles. The van der Waals surface area contributed by atoms with Gasteiger partial charge in [-0.15, -0.1) is 11.6 Å². The predicted octanol–water partition coefficient (Wildman–Crippen LogP) is 3.13. The zero-order valence-corrected chi connectivity index (χ0v) is 9.62. The first-order valence-corrected chi connectivity index (χ1v) is 5.39. The minimum Gasteiger partial charge on any atom is -0.275 e. The van der Waals surface area contributed by atoms with Crippen LogP contribution in [0.2, 0.25) is 0 Å². The maximum Gasteiger partial charge on any atom is 0.0967 e. The van der Waals surface area contributed by atoms with E-state index in [1.165, 1.54) is 5.56 Å². The monoisotopic (exact) mass is 220 g/mol. The second-order valence-corrected chi connectivity index (χ2v) is 3.94. The molecule has 2 nitrogen and oxygen atoms in total. The molecule has 0 N–H and O–H groups in total. The number of aryl methyl sites for hydroxylation is 2. The van der Waals surface area contributed by atoms with Crippen LogP contribution in [0, 0.1) is 6.92 Å². The van der Waals surface area contributed by atoms with Crippen LogP contribution in [0.25, 0.3) is 11.3 Å². The van der Waals surface area contributed by atoms with E-state index in [0.29, 0.717) is 5.88 Å². The van der Waals surface area contributed by atoms with E-state index >= 15 is 0 Å². The first kappa shape index (κ1) is 10.2. The van der Waals surface area contributed by atoms with E-state index in [1.54, 1.807) is 4.68 Å². The Hall–Kier alpha value is -1.28. The lowest BCUT2D eigenvalue weighted by Crippen LogP contribution is -1.88. The van der Waals surface area contributed by atoms with E-state index in [9.17, 15) is 0 Å². The lowest BCUT2D eigenvalue weighted by atomic mass is 10.1. The van der Waals surface area contributed by atoms with Gasteiger partial charge in [0.15, 0.2) is 0 Å². The van der Waals surface area contributed by atoms with Crippen molar-refractivity contribution in [2.75, 3.05) is 0 Å². The molecule has 3 heteroatoms. The largest absolute Gasteiger partial charge is 0.275 e. The van der Waals surface area contributed by atoms with Gasteiger partial charge in [0.05, 0.1) is 11.6 Å². The van der Waals surface area contributed by atoms with Gasteiger partial charge < -0.3 is 0 Å². The van der Waals surface area contributed by atoms with Crippen molar-refractivity contribution in [3.63, 3.8) is 0 Å². The third-order valence-corrected chi connectivity index (χ3v) is 2.66. The molecule has 0 saturated carbocycles. The van der Waals surface area contributed by atoms with Gasteiger partial charge in [0, 0.05) is 24.4 Å². The Bertz CT molecular complexity index is 457. The molecule has 0 bridgehead atoms. The average molecular weight is 221 g/mol. The highest BCUT2D eigenvalue weighted by Gasteiger charge is 2.08. The summed E-state index contributed by atoms with van der Waals surface area (Å²) in [6, 6.07) is 8.32. The van der Waals surface area contributed by atoms with Gasteiger partial charge in [-0.25, -0.2) is 0 Å². The van der Waals surface area contributed by atoms with Crippen molar-refractivity contribution in [3.8, 4) is 11.3 Å². The Labute approximate surface area is 94.5 Å². The van der Waals surface area contributed by atoms with Gasteiger partial charge in [-0.1, -0.05) is 29.8 Å². The van der Waals surface area contributed by atoms with E-state index in [0.717, 1.165) is 16.8 Å². The van der Waals surface area contributed by atoms with Crippen molar-refractivity contribution < 1.29 is 0 Å². The van der Waals surface area contributed by atoms with Gasteiger partial charge in [0.25, 0.3) is 0 Å². The molecule has 0 aliphatic rings. The van der Waals surface area contributed by atoms with Crippen molar-refractivity contribution in [2.24, 2.45) is 7.05 Å². The van der Waals surface area contributed by atoms with Gasteiger partial charge in [-0.2, -0.15) is 5.10 Å². The van der Waals surface area contributed by atoms with Crippen molar-refractivity contribution >= 4 is 11.6 Å². The van der Waals surface area contributed by atoms with Crippen LogP contribution in [0.1, 0.15) is 11.1 Å². The topological polar surface area (TPSA) is 17.8 Å². The van der Waals surface area contributed by atoms with E-state index in [4.69, 9.17) is 11.6 Å². The van der Waals surface area contributed by atoms with Crippen LogP contribution in [0.4, 0.5) is 0 Å². The molecule has 0 radical (unpaired) electrons. The summed E-state index contributed by atoms with van der Waals surface area (Å²) in [7, 11) is 1.91. The molecule has 78 valence electrons. The van der Waals surface area contributed by atoms with E-state index in [1.807, 2.05) is 13.2 Å². The van der Waals surface area contributed by atoms with E-state index in [-0.39, 0.29) is 0 Å². The van der Waals surface area contributed by atoms with Gasteiger partial charge in [0.1, 0.15) is 0 Å². The van der Waals surface area contributed by atoms with Crippen molar-refractivity contribution in [3.05, 3.63) is 41.6 Å². The first-order chi connectivity index (χ1) is 7.20. The molecular weight excluding hydrogens is 208 g/mol. The van der Waals surface area contributed by atoms with Crippen molar-refractivity contribution in [1.82, 2.24) is 9.78 Å². The van der Waals surface area contributed by atoms with Crippen LogP contribution >= 0.6 is 11.6 Å². The van der Waals surface area contributed by atoms with Crippen molar-refractivity contribution in [2.45, 2.75) is 12.8 Å². The number of hydrogen-bond acceptors (Lipinski definition) is 1. The fraction of sp³-hybridized carbons (Fsp3) is 0.250. The Morgan fingerprint density at radius 3 is 2.53 bits per heavy atom. The third-order valence-electron chi connectivity index (χ3n) is 2.37. The van der Waals surface area contributed by atoms with Crippen LogP contribution in [-0.4, -0.2) is 9.78 Å². The Morgan fingerprint density at radius 1 is 1.27 bits per heavy atom. The summed E-state index contributed by atoms with van der Waals surface area (Å²) in [4.78, 5) is 0. The van der Waals surface area contributed by atoms with Crippen LogP contribution in [0.3, 0.4) is 0 Å². The number of halogens is 1. The second kappa shape index (κ2) is 4.07. The number of hydrogen-bond donors (Lipinski definition) is 0. The van der Waals surface area contributed by atoms with Gasteiger partial charge >= 0.3 is 0 Å². The standard InChI is InChI=1S/C12H13ClN2/c1-9-3-5-10(6-4-9)12-11(7-13)8-15(2)14-12/h3-6,8H,7H2,1-2H3. The molecule has 0 fully saturated rings. The number of alkyl halides is 1. The number of nitrogens with zero attached hydrogens (tertiary/aromatic N) is 2. The summed E-state index contributed by atoms with van der Waals surface area (Å²) < 4.78 is 1.80. The molecule has 2 rings (SSSR count). The lowest BCUT2D eigenvalue weighted by molar-refractivity contribution is 0.770. The molecule has 1 aromatic heterocycles. The zero-order valence-electron chi connectivity index (χ0n) is 8.87. The van der Waals surface area contributed by atoms with Crippen LogP contribution in [0.15, 0.2) is 30.5 Å². The van der Waals surface area contributed by atoms with Gasteiger partial charge in [-0.05, 0) is 6.92 Å². The molecule has 1 aromatic carbocycles. The van der Waals surface area contributed by atoms with Crippen LogP contribution in [0.5, 0.6) is 0 Å². The molecular formula is C12H13ClN2. The molecule has 0 amide bonds. The highest BCUT2D eigenvalue weighted by molar-refractivity contribution is 6.17. The third kappa shape index (κ3) is 2.05. The molecule has 0 spiro atoms. The van der Waals surface area contributed by atoms with Gasteiger partial charge in [-0.3, -0.25) is 4.68 Å². The SMILES string of the molecule is Cc1ccc(-c2nn(C)cc2CCl)cc1. The molecule has 15 heavy (non-hydrogen) atoms. The fourth-order valence-electron chi connectivity index (χ4n) is 1.59. The summed E-state index contributed by atoms with van der Waals surface area (Å²) in [5.41, 5.74) is 4.43. The zero-order chi connectivity index (χ0) is 10.8. The predicted molar refractivity (Wildman–Crippen MR) is 62.9 cm³/mol. The molecule has 0 unspecified atom stereocenters. The van der Waals surface area contributed by atoms with E-state index < -0.39 is 0 Å². The Balaban J connectivity index is 2.48. The summed E-state index contributed by atoms with van der Waals surface area (Å²) in [5, 5.41) is 4.41. The number of benzene rings is 1. The fourth-order valence-corrected chi connectivity index (χ4v) is 1.79.